The fraction of sp³-hybridized carbons (Fsp3) is 0.571. The number of fused-ring (bicyclic) bond motifs is 1. The lowest BCUT2D eigenvalue weighted by molar-refractivity contribution is 0.305. The van der Waals surface area contributed by atoms with Crippen LogP contribution in [0.4, 0.5) is 0 Å². The Morgan fingerprint density at radius 2 is 1.39 bits per heavy atom. The largest absolute Gasteiger partial charge is 0.213 e. The van der Waals surface area contributed by atoms with Gasteiger partial charge < -0.3 is 0 Å². The van der Waals surface area contributed by atoms with E-state index in [2.05, 4.69) is 44.5 Å². The van der Waals surface area contributed by atoms with E-state index in [0.717, 1.165) is 0 Å². The van der Waals surface area contributed by atoms with Gasteiger partial charge in [-0.1, -0.05) is 52.0 Å². The predicted molar refractivity (Wildman–Crippen MR) is 74.3 cm³/mol. The molecule has 18 heavy (non-hydrogen) atoms. The first-order valence-corrected chi connectivity index (χ1v) is 8.03. The lowest BCUT2D eigenvalue weighted by Crippen LogP contribution is -2.52. The highest BCUT2D eigenvalue weighted by Gasteiger charge is 2.51. The maximum absolute atomic E-state index is 11.6. The minimum Gasteiger partial charge on any atom is -0.213 e. The molecule has 4 heteroatoms. The molecule has 1 aliphatic rings. The first kappa shape index (κ1) is 13.6. The van der Waals surface area contributed by atoms with Crippen LogP contribution in [0.5, 0.6) is 0 Å². The normalized spacial score (nSPS) is 21.8. The van der Waals surface area contributed by atoms with E-state index >= 15 is 0 Å². The Morgan fingerprint density at radius 3 is 1.72 bits per heavy atom. The topological polar surface area (TPSA) is 46.2 Å². The summed E-state index contributed by atoms with van der Waals surface area (Å²) in [6, 6.07) is 8.10. The molecule has 0 amide bonds. The Hall–Kier alpha value is -0.870. The van der Waals surface area contributed by atoms with Gasteiger partial charge in [0.2, 0.25) is 10.0 Å². The van der Waals surface area contributed by atoms with E-state index < -0.39 is 10.0 Å². The van der Waals surface area contributed by atoms with Gasteiger partial charge in [-0.25, -0.2) is 13.1 Å². The summed E-state index contributed by atoms with van der Waals surface area (Å²) in [7, 11) is -3.22. The van der Waals surface area contributed by atoms with Crippen LogP contribution in [0.15, 0.2) is 24.3 Å². The molecule has 0 fully saturated rings. The molecule has 1 aromatic rings. The average molecular weight is 267 g/mol. The molecule has 1 aliphatic carbocycles. The van der Waals surface area contributed by atoms with E-state index in [0.29, 0.717) is 0 Å². The maximum Gasteiger partial charge on any atom is 0.209 e. The third kappa shape index (κ3) is 1.97. The summed E-state index contributed by atoms with van der Waals surface area (Å²) in [5.74, 6) is 0. The molecular weight excluding hydrogens is 246 g/mol. The molecule has 0 bridgehead atoms. The van der Waals surface area contributed by atoms with Gasteiger partial charge in [0, 0.05) is 16.9 Å². The van der Waals surface area contributed by atoms with Gasteiger partial charge in [-0.3, -0.25) is 0 Å². The molecule has 3 nitrogen and oxygen atoms in total. The SMILES string of the molecule is CC1(C)c2ccccc2C(C)(C)C1NS(C)(=O)=O. The van der Waals surface area contributed by atoms with Gasteiger partial charge in [0.15, 0.2) is 0 Å². The van der Waals surface area contributed by atoms with Gasteiger partial charge in [0.25, 0.3) is 0 Å². The molecule has 0 radical (unpaired) electrons. The van der Waals surface area contributed by atoms with Crippen molar-refractivity contribution in [3.8, 4) is 0 Å². The summed E-state index contributed by atoms with van der Waals surface area (Å²) in [6.45, 7) is 8.40. The zero-order valence-electron chi connectivity index (χ0n) is 11.6. The Balaban J connectivity index is 2.58. The van der Waals surface area contributed by atoms with Crippen molar-refractivity contribution in [1.29, 1.82) is 0 Å². The van der Waals surface area contributed by atoms with Gasteiger partial charge >= 0.3 is 0 Å². The van der Waals surface area contributed by atoms with E-state index in [4.69, 9.17) is 0 Å². The molecule has 0 spiro atoms. The summed E-state index contributed by atoms with van der Waals surface area (Å²) in [5.41, 5.74) is 2.05. The summed E-state index contributed by atoms with van der Waals surface area (Å²) in [6.07, 6.45) is 1.22. The summed E-state index contributed by atoms with van der Waals surface area (Å²) < 4.78 is 26.0. The molecule has 0 atom stereocenters. The summed E-state index contributed by atoms with van der Waals surface area (Å²) in [4.78, 5) is 0. The molecule has 1 N–H and O–H groups in total. The number of hydrogen-bond acceptors (Lipinski definition) is 2. The minimum absolute atomic E-state index is 0.127. The van der Waals surface area contributed by atoms with Crippen molar-refractivity contribution in [3.63, 3.8) is 0 Å². The van der Waals surface area contributed by atoms with Crippen LogP contribution in [0.2, 0.25) is 0 Å². The van der Waals surface area contributed by atoms with Crippen molar-refractivity contribution in [2.75, 3.05) is 6.26 Å². The molecule has 0 aliphatic heterocycles. The molecule has 2 rings (SSSR count). The van der Waals surface area contributed by atoms with E-state index in [1.54, 1.807) is 0 Å². The van der Waals surface area contributed by atoms with E-state index in [1.807, 2.05) is 12.1 Å². The van der Waals surface area contributed by atoms with Gasteiger partial charge in [-0.05, 0) is 11.1 Å². The quantitative estimate of drug-likeness (QED) is 0.892. The van der Waals surface area contributed by atoms with Gasteiger partial charge in [0.05, 0.1) is 6.26 Å². The highest BCUT2D eigenvalue weighted by molar-refractivity contribution is 7.88. The van der Waals surface area contributed by atoms with Crippen LogP contribution < -0.4 is 4.72 Å². The highest BCUT2D eigenvalue weighted by Crippen LogP contribution is 2.49. The lowest BCUT2D eigenvalue weighted by Gasteiger charge is -2.36. The second-order valence-electron chi connectivity index (χ2n) is 6.31. The van der Waals surface area contributed by atoms with Crippen molar-refractivity contribution in [2.45, 2.75) is 44.6 Å². The fourth-order valence-corrected chi connectivity index (χ4v) is 4.35. The van der Waals surface area contributed by atoms with Crippen molar-refractivity contribution in [2.24, 2.45) is 0 Å². The zero-order valence-corrected chi connectivity index (χ0v) is 12.4. The molecular formula is C14H21NO2S. The molecule has 0 heterocycles. The van der Waals surface area contributed by atoms with E-state index in [1.165, 1.54) is 17.4 Å². The average Bonchev–Trinajstić information content (AvgIpc) is 2.37. The lowest BCUT2D eigenvalue weighted by atomic mass is 9.76. The highest BCUT2D eigenvalue weighted by atomic mass is 32.2. The predicted octanol–water partition coefficient (Wildman–Crippen LogP) is 2.17. The molecule has 1 aromatic carbocycles. The molecule has 0 aromatic heterocycles. The summed E-state index contributed by atoms with van der Waals surface area (Å²) >= 11 is 0. The van der Waals surface area contributed by atoms with Gasteiger partial charge in [-0.2, -0.15) is 0 Å². The van der Waals surface area contributed by atoms with Crippen LogP contribution in [-0.4, -0.2) is 20.7 Å². The van der Waals surface area contributed by atoms with Crippen molar-refractivity contribution < 1.29 is 8.42 Å². The van der Waals surface area contributed by atoms with Crippen LogP contribution >= 0.6 is 0 Å². The number of sulfonamides is 1. The Labute approximate surface area is 110 Å². The minimum atomic E-state index is -3.22. The van der Waals surface area contributed by atoms with Crippen molar-refractivity contribution >= 4 is 10.0 Å². The third-order valence-electron chi connectivity index (χ3n) is 4.09. The van der Waals surface area contributed by atoms with E-state index in [9.17, 15) is 8.42 Å². The van der Waals surface area contributed by atoms with Crippen molar-refractivity contribution in [3.05, 3.63) is 35.4 Å². The van der Waals surface area contributed by atoms with Crippen molar-refractivity contribution in [1.82, 2.24) is 4.72 Å². The third-order valence-corrected chi connectivity index (χ3v) is 4.75. The first-order chi connectivity index (χ1) is 8.07. The van der Waals surface area contributed by atoms with Crippen LogP contribution in [0.3, 0.4) is 0 Å². The van der Waals surface area contributed by atoms with Gasteiger partial charge in [-0.15, -0.1) is 0 Å². The Bertz CT molecular complexity index is 538. The van der Waals surface area contributed by atoms with Crippen LogP contribution in [-0.2, 0) is 20.9 Å². The molecule has 0 unspecified atom stereocenters. The Kier molecular flexibility index (Phi) is 2.87. The molecule has 100 valence electrons. The second kappa shape index (κ2) is 3.81. The number of hydrogen-bond donors (Lipinski definition) is 1. The zero-order chi connectivity index (χ0) is 13.8. The maximum atomic E-state index is 11.6. The molecule has 0 saturated heterocycles. The number of nitrogens with one attached hydrogen (secondary N) is 1. The smallest absolute Gasteiger partial charge is 0.209 e. The number of benzene rings is 1. The second-order valence-corrected chi connectivity index (χ2v) is 8.09. The monoisotopic (exact) mass is 267 g/mol. The van der Waals surface area contributed by atoms with Crippen LogP contribution in [0.1, 0.15) is 38.8 Å². The van der Waals surface area contributed by atoms with Gasteiger partial charge in [0.1, 0.15) is 0 Å². The fourth-order valence-electron chi connectivity index (χ4n) is 3.33. The standard InChI is InChI=1S/C14H21NO2S/c1-13(2)10-8-6-7-9-11(10)14(3,4)12(13)15-18(5,16)17/h6-9,12,15H,1-5H3. The van der Waals surface area contributed by atoms with E-state index in [-0.39, 0.29) is 16.9 Å². The number of rotatable bonds is 2. The summed E-state index contributed by atoms with van der Waals surface area (Å²) in [5, 5.41) is 0. The Morgan fingerprint density at radius 1 is 1.00 bits per heavy atom. The molecule has 0 saturated carbocycles. The van der Waals surface area contributed by atoms with Crippen LogP contribution in [0, 0.1) is 0 Å². The van der Waals surface area contributed by atoms with Crippen LogP contribution in [0.25, 0.3) is 0 Å². The first-order valence-electron chi connectivity index (χ1n) is 6.14.